The van der Waals surface area contributed by atoms with Gasteiger partial charge in [-0.15, -0.1) is 0 Å². The Hall–Kier alpha value is -2.15. The highest BCUT2D eigenvalue weighted by atomic mass is 35.5. The number of nitrogens with zero attached hydrogens (tertiary/aromatic N) is 3. The molecule has 2 aliphatic heterocycles. The number of sulfone groups is 1. The topological polar surface area (TPSA) is 108 Å². The molecule has 0 radical (unpaired) electrons. The van der Waals surface area contributed by atoms with Gasteiger partial charge < -0.3 is 14.5 Å². The summed E-state index contributed by atoms with van der Waals surface area (Å²) >= 11 is 6.01. The molecule has 178 valence electrons. The molecule has 0 aromatic heterocycles. The molecule has 2 saturated heterocycles. The number of amides is 2. The van der Waals surface area contributed by atoms with Crippen LogP contribution in [-0.4, -0.2) is 74.2 Å². The van der Waals surface area contributed by atoms with Gasteiger partial charge in [0.05, 0.1) is 41.3 Å². The zero-order valence-electron chi connectivity index (χ0n) is 18.6. The van der Waals surface area contributed by atoms with E-state index in [0.717, 1.165) is 6.42 Å². The molecule has 3 aliphatic rings. The van der Waals surface area contributed by atoms with Gasteiger partial charge in [0.25, 0.3) is 0 Å². The van der Waals surface area contributed by atoms with Gasteiger partial charge in [0, 0.05) is 24.7 Å². The second-order valence-corrected chi connectivity index (χ2v) is 11.7. The average molecular weight is 494 g/mol. The summed E-state index contributed by atoms with van der Waals surface area (Å²) in [6.07, 6.45) is 1.48. The minimum atomic E-state index is -3.78. The Morgan fingerprint density at radius 3 is 2.42 bits per heavy atom. The summed E-state index contributed by atoms with van der Waals surface area (Å²) in [6.45, 7) is 3.84. The third kappa shape index (κ3) is 4.61. The van der Waals surface area contributed by atoms with Crippen molar-refractivity contribution in [1.82, 2.24) is 9.80 Å². The first kappa shape index (κ1) is 24.0. The Morgan fingerprint density at radius 1 is 1.12 bits per heavy atom. The van der Waals surface area contributed by atoms with Crippen molar-refractivity contribution in [3.63, 3.8) is 0 Å². The second-order valence-electron chi connectivity index (χ2n) is 9.02. The number of aryl methyl sites for hydroxylation is 1. The summed E-state index contributed by atoms with van der Waals surface area (Å²) in [5.74, 6) is -1.98. The lowest BCUT2D eigenvalue weighted by atomic mass is 9.92. The smallest absolute Gasteiger partial charge is 0.227 e. The van der Waals surface area contributed by atoms with Crippen LogP contribution in [0.5, 0.6) is 0 Å². The van der Waals surface area contributed by atoms with Crippen LogP contribution in [0.2, 0.25) is 5.02 Å². The molecule has 1 aromatic carbocycles. The Labute approximate surface area is 199 Å². The molecule has 8 nitrogen and oxygen atoms in total. The summed E-state index contributed by atoms with van der Waals surface area (Å²) in [5, 5.41) is 9.04. The molecule has 2 heterocycles. The molecular weight excluding hydrogens is 466 g/mol. The Morgan fingerprint density at radius 2 is 1.79 bits per heavy atom. The second kappa shape index (κ2) is 9.61. The van der Waals surface area contributed by atoms with Gasteiger partial charge in [-0.05, 0) is 56.4 Å². The van der Waals surface area contributed by atoms with Gasteiger partial charge in [0.2, 0.25) is 11.8 Å². The van der Waals surface area contributed by atoms with E-state index in [1.807, 2.05) is 0 Å². The van der Waals surface area contributed by atoms with Crippen LogP contribution >= 0.6 is 11.6 Å². The van der Waals surface area contributed by atoms with Gasteiger partial charge in [0.1, 0.15) is 6.04 Å². The minimum absolute atomic E-state index is 0.0681. The predicted molar refractivity (Wildman–Crippen MR) is 121 cm³/mol. The Bertz CT molecular complexity index is 1080. The standard InChI is InChI=1S/C23H28ClN3O5S/c1-15-11-16(24)4-5-21(15)33(30,31)18-12-19(22(28)26-7-9-32-10-8-26)20(13-18)23(29)27-6-2-3-17(27)14-25/h4-5,11,17-20H,2-3,6-10,12-13H2,1H3/t17-,18+,19+,20+/m0/s1. The van der Waals surface area contributed by atoms with Gasteiger partial charge in [-0.25, -0.2) is 8.42 Å². The van der Waals surface area contributed by atoms with Crippen molar-refractivity contribution in [2.75, 3.05) is 32.8 Å². The summed E-state index contributed by atoms with van der Waals surface area (Å²) in [5.41, 5.74) is 0.539. The lowest BCUT2D eigenvalue weighted by Gasteiger charge is -2.32. The normalized spacial score (nSPS) is 28.0. The van der Waals surface area contributed by atoms with Crippen LogP contribution < -0.4 is 0 Å². The van der Waals surface area contributed by atoms with E-state index in [2.05, 4.69) is 6.07 Å². The first-order chi connectivity index (χ1) is 15.7. The van der Waals surface area contributed by atoms with Crippen LogP contribution in [0.1, 0.15) is 31.2 Å². The number of morpholine rings is 1. The molecule has 10 heteroatoms. The van der Waals surface area contributed by atoms with E-state index in [9.17, 15) is 23.3 Å². The van der Waals surface area contributed by atoms with Crippen LogP contribution in [0.3, 0.4) is 0 Å². The molecule has 0 N–H and O–H groups in total. The molecular formula is C23H28ClN3O5S. The van der Waals surface area contributed by atoms with Crippen LogP contribution in [0.4, 0.5) is 0 Å². The molecule has 0 unspecified atom stereocenters. The summed E-state index contributed by atoms with van der Waals surface area (Å²) in [7, 11) is -3.78. The minimum Gasteiger partial charge on any atom is -0.378 e. The van der Waals surface area contributed by atoms with Crippen LogP contribution in [0.15, 0.2) is 23.1 Å². The molecule has 4 atom stereocenters. The van der Waals surface area contributed by atoms with E-state index < -0.39 is 33.0 Å². The van der Waals surface area contributed by atoms with E-state index >= 15 is 0 Å². The van der Waals surface area contributed by atoms with Crippen molar-refractivity contribution in [1.29, 1.82) is 5.26 Å². The lowest BCUT2D eigenvalue weighted by molar-refractivity contribution is -0.147. The summed E-state index contributed by atoms with van der Waals surface area (Å²) in [4.78, 5) is 30.3. The van der Waals surface area contributed by atoms with Crippen molar-refractivity contribution < 1.29 is 22.7 Å². The fourth-order valence-corrected chi connectivity index (χ4v) is 7.57. The molecule has 3 fully saturated rings. The summed E-state index contributed by atoms with van der Waals surface area (Å²) in [6, 6.07) is 6.28. The van der Waals surface area contributed by atoms with Crippen molar-refractivity contribution in [3.8, 4) is 6.07 Å². The number of benzene rings is 1. The number of ether oxygens (including phenoxy) is 1. The largest absolute Gasteiger partial charge is 0.378 e. The van der Waals surface area contributed by atoms with Gasteiger partial charge in [0.15, 0.2) is 9.84 Å². The Balaban J connectivity index is 1.65. The highest BCUT2D eigenvalue weighted by Crippen LogP contribution is 2.42. The molecule has 1 aliphatic carbocycles. The highest BCUT2D eigenvalue weighted by Gasteiger charge is 2.50. The number of carbonyl (C=O) groups is 2. The van der Waals surface area contributed by atoms with E-state index in [1.54, 1.807) is 17.9 Å². The molecule has 4 rings (SSSR count). The fraction of sp³-hybridized carbons (Fsp3) is 0.609. The third-order valence-corrected chi connectivity index (χ3v) is 9.61. The predicted octanol–water partition coefficient (Wildman–Crippen LogP) is 2.19. The maximum atomic E-state index is 13.6. The third-order valence-electron chi connectivity index (χ3n) is 7.04. The molecule has 1 saturated carbocycles. The van der Waals surface area contributed by atoms with Gasteiger partial charge in [-0.2, -0.15) is 5.26 Å². The van der Waals surface area contributed by atoms with Gasteiger partial charge in [-0.3, -0.25) is 9.59 Å². The van der Waals surface area contributed by atoms with Crippen molar-refractivity contribution in [2.24, 2.45) is 11.8 Å². The fourth-order valence-electron chi connectivity index (χ4n) is 5.30. The van der Waals surface area contributed by atoms with Crippen molar-refractivity contribution >= 4 is 33.3 Å². The van der Waals surface area contributed by atoms with Crippen molar-refractivity contribution in [2.45, 2.75) is 48.8 Å². The highest BCUT2D eigenvalue weighted by molar-refractivity contribution is 7.92. The average Bonchev–Trinajstić information content (AvgIpc) is 3.46. The number of carbonyl (C=O) groups excluding carboxylic acids is 2. The molecule has 2 amide bonds. The first-order valence-electron chi connectivity index (χ1n) is 11.3. The molecule has 0 bridgehead atoms. The number of halogens is 1. The maximum Gasteiger partial charge on any atom is 0.227 e. The van der Waals surface area contributed by atoms with E-state index in [0.29, 0.717) is 49.9 Å². The van der Waals surface area contributed by atoms with E-state index in [4.69, 9.17) is 16.3 Å². The number of rotatable bonds is 4. The monoisotopic (exact) mass is 493 g/mol. The zero-order chi connectivity index (χ0) is 23.8. The van der Waals surface area contributed by atoms with E-state index in [-0.39, 0.29) is 29.6 Å². The lowest BCUT2D eigenvalue weighted by Crippen LogP contribution is -2.47. The molecule has 0 spiro atoms. The molecule has 33 heavy (non-hydrogen) atoms. The SMILES string of the molecule is Cc1cc(Cl)ccc1S(=O)(=O)[C@@H]1C[C@@H](C(=O)N2CCOCC2)[C@H](C(=O)N2CCC[C@H]2C#N)C1. The van der Waals surface area contributed by atoms with Crippen LogP contribution in [0.25, 0.3) is 0 Å². The molecule has 1 aromatic rings. The number of hydrogen-bond acceptors (Lipinski definition) is 6. The quantitative estimate of drug-likeness (QED) is 0.636. The van der Waals surface area contributed by atoms with E-state index in [1.165, 1.54) is 17.0 Å². The Kier molecular flexibility index (Phi) is 6.99. The first-order valence-corrected chi connectivity index (χ1v) is 13.2. The van der Waals surface area contributed by atoms with Gasteiger partial charge in [-0.1, -0.05) is 11.6 Å². The number of likely N-dealkylation sites (tertiary alicyclic amines) is 1. The van der Waals surface area contributed by atoms with Crippen LogP contribution in [0, 0.1) is 30.1 Å². The number of nitriles is 1. The zero-order valence-corrected chi connectivity index (χ0v) is 20.1. The number of hydrogen-bond donors (Lipinski definition) is 0. The van der Waals surface area contributed by atoms with Crippen molar-refractivity contribution in [3.05, 3.63) is 28.8 Å². The maximum absolute atomic E-state index is 13.6. The van der Waals surface area contributed by atoms with Gasteiger partial charge >= 0.3 is 0 Å². The van der Waals surface area contributed by atoms with Crippen LogP contribution in [-0.2, 0) is 24.2 Å². The summed E-state index contributed by atoms with van der Waals surface area (Å²) < 4.78 is 32.5.